The quantitative estimate of drug-likeness (QED) is 0.870. The van der Waals surface area contributed by atoms with E-state index >= 15 is 0 Å². The van der Waals surface area contributed by atoms with Crippen LogP contribution in [0.5, 0.6) is 5.75 Å². The Bertz CT molecular complexity index is 482. The number of carbonyl (C=O) groups is 1. The van der Waals surface area contributed by atoms with E-state index in [1.54, 1.807) is 0 Å². The van der Waals surface area contributed by atoms with Gasteiger partial charge < -0.3 is 15.0 Å². The molecule has 1 aromatic carbocycles. The summed E-state index contributed by atoms with van der Waals surface area (Å²) in [6.45, 7) is 5.25. The van der Waals surface area contributed by atoms with Gasteiger partial charge in [0.1, 0.15) is 5.75 Å². The Hall–Kier alpha value is -1.55. The molecule has 2 aliphatic rings. The summed E-state index contributed by atoms with van der Waals surface area (Å²) in [6.07, 6.45) is 3.93. The van der Waals surface area contributed by atoms with Gasteiger partial charge in [0.2, 0.25) is 0 Å². The van der Waals surface area contributed by atoms with Crippen molar-refractivity contribution in [2.24, 2.45) is 5.92 Å². The number of hydrogen-bond acceptors (Lipinski definition) is 3. The molecule has 0 bridgehead atoms. The molecule has 2 fully saturated rings. The van der Waals surface area contributed by atoms with E-state index in [2.05, 4.69) is 10.2 Å². The number of aryl methyl sites for hydroxylation is 1. The van der Waals surface area contributed by atoms with Gasteiger partial charge in [0.15, 0.2) is 6.61 Å². The molecule has 114 valence electrons. The number of nitrogens with zero attached hydrogens (tertiary/aromatic N) is 1. The maximum absolute atomic E-state index is 11.8. The second kappa shape index (κ2) is 6.48. The summed E-state index contributed by atoms with van der Waals surface area (Å²) in [5.74, 6) is 1.32. The molecule has 0 aromatic heterocycles. The molecule has 1 saturated heterocycles. The minimum Gasteiger partial charge on any atom is -0.484 e. The van der Waals surface area contributed by atoms with Crippen molar-refractivity contribution in [2.45, 2.75) is 32.2 Å². The van der Waals surface area contributed by atoms with Gasteiger partial charge in [-0.15, -0.1) is 0 Å². The van der Waals surface area contributed by atoms with Crippen LogP contribution in [0.1, 0.15) is 24.8 Å². The summed E-state index contributed by atoms with van der Waals surface area (Å²) in [7, 11) is 0. The van der Waals surface area contributed by atoms with Crippen molar-refractivity contribution in [3.05, 3.63) is 29.8 Å². The van der Waals surface area contributed by atoms with Crippen molar-refractivity contribution in [3.63, 3.8) is 0 Å². The highest BCUT2D eigenvalue weighted by Gasteiger charge is 2.34. The lowest BCUT2D eigenvalue weighted by Gasteiger charge is -2.15. The number of benzene rings is 1. The molecular weight excluding hydrogens is 264 g/mol. The first kappa shape index (κ1) is 14.4. The van der Waals surface area contributed by atoms with Crippen LogP contribution < -0.4 is 10.1 Å². The topological polar surface area (TPSA) is 41.6 Å². The molecule has 3 rings (SSSR count). The van der Waals surface area contributed by atoms with E-state index in [1.807, 2.05) is 31.2 Å². The van der Waals surface area contributed by atoms with Crippen LogP contribution in [-0.4, -0.2) is 43.1 Å². The maximum atomic E-state index is 11.8. The zero-order valence-corrected chi connectivity index (χ0v) is 12.7. The van der Waals surface area contributed by atoms with Gasteiger partial charge in [0, 0.05) is 19.1 Å². The van der Waals surface area contributed by atoms with Crippen LogP contribution in [0.2, 0.25) is 0 Å². The zero-order chi connectivity index (χ0) is 14.7. The molecule has 4 nitrogen and oxygen atoms in total. The van der Waals surface area contributed by atoms with E-state index < -0.39 is 0 Å². The van der Waals surface area contributed by atoms with Gasteiger partial charge in [-0.05, 0) is 50.8 Å². The van der Waals surface area contributed by atoms with Crippen LogP contribution in [0.4, 0.5) is 0 Å². The molecule has 0 spiro atoms. The molecule has 1 heterocycles. The summed E-state index contributed by atoms with van der Waals surface area (Å²) < 4.78 is 5.48. The van der Waals surface area contributed by atoms with Crippen molar-refractivity contribution in [2.75, 3.05) is 26.2 Å². The summed E-state index contributed by atoms with van der Waals surface area (Å²) in [4.78, 5) is 14.4. The predicted molar refractivity (Wildman–Crippen MR) is 82.4 cm³/mol. The van der Waals surface area contributed by atoms with Crippen LogP contribution in [-0.2, 0) is 4.79 Å². The van der Waals surface area contributed by atoms with Gasteiger partial charge in [0.05, 0.1) is 0 Å². The normalized spacial score (nSPS) is 22.2. The van der Waals surface area contributed by atoms with E-state index in [0.29, 0.717) is 5.92 Å². The number of likely N-dealkylation sites (tertiary alicyclic amines) is 1. The first-order valence-electron chi connectivity index (χ1n) is 7.91. The second-order valence-corrected chi connectivity index (χ2v) is 6.29. The number of ether oxygens (including phenoxy) is 1. The van der Waals surface area contributed by atoms with E-state index in [0.717, 1.165) is 24.9 Å². The van der Waals surface area contributed by atoms with Crippen LogP contribution in [0.3, 0.4) is 0 Å². The van der Waals surface area contributed by atoms with Crippen molar-refractivity contribution in [1.29, 1.82) is 0 Å². The lowest BCUT2D eigenvalue weighted by Crippen LogP contribution is -2.34. The molecule has 1 saturated carbocycles. The van der Waals surface area contributed by atoms with E-state index in [9.17, 15) is 4.79 Å². The lowest BCUT2D eigenvalue weighted by molar-refractivity contribution is -0.123. The molecule has 1 aromatic rings. The molecule has 1 aliphatic heterocycles. The number of rotatable bonds is 6. The van der Waals surface area contributed by atoms with Crippen LogP contribution in [0.25, 0.3) is 0 Å². The van der Waals surface area contributed by atoms with Crippen LogP contribution in [0.15, 0.2) is 24.3 Å². The SMILES string of the molecule is Cc1ccc(OCC(=O)NC[C@@H]2CCN(C3CC3)C2)cc1. The molecule has 1 amide bonds. The Kier molecular flexibility index (Phi) is 4.44. The van der Waals surface area contributed by atoms with Gasteiger partial charge in [-0.1, -0.05) is 17.7 Å². The van der Waals surface area contributed by atoms with Crippen molar-refractivity contribution in [1.82, 2.24) is 10.2 Å². The Morgan fingerprint density at radius 1 is 1.29 bits per heavy atom. The average Bonchev–Trinajstić information content (AvgIpc) is 3.23. The largest absolute Gasteiger partial charge is 0.484 e. The third kappa shape index (κ3) is 4.21. The number of nitrogens with one attached hydrogen (secondary N) is 1. The summed E-state index contributed by atoms with van der Waals surface area (Å²) in [5.41, 5.74) is 1.19. The fourth-order valence-corrected chi connectivity index (χ4v) is 2.89. The minimum absolute atomic E-state index is 0.0274. The summed E-state index contributed by atoms with van der Waals surface area (Å²) in [5, 5.41) is 3.00. The fraction of sp³-hybridized carbons (Fsp3) is 0.588. The molecule has 0 radical (unpaired) electrons. The van der Waals surface area contributed by atoms with Crippen molar-refractivity contribution < 1.29 is 9.53 Å². The molecule has 1 aliphatic carbocycles. The Morgan fingerprint density at radius 3 is 2.76 bits per heavy atom. The molecular formula is C17H24N2O2. The maximum Gasteiger partial charge on any atom is 0.257 e. The van der Waals surface area contributed by atoms with Crippen LogP contribution >= 0.6 is 0 Å². The third-order valence-electron chi connectivity index (χ3n) is 4.36. The molecule has 1 atom stereocenters. The molecule has 4 heteroatoms. The smallest absolute Gasteiger partial charge is 0.257 e. The third-order valence-corrected chi connectivity index (χ3v) is 4.36. The van der Waals surface area contributed by atoms with Gasteiger partial charge in [0.25, 0.3) is 5.91 Å². The summed E-state index contributed by atoms with van der Waals surface area (Å²) >= 11 is 0. The van der Waals surface area contributed by atoms with Crippen LogP contribution in [0, 0.1) is 12.8 Å². The molecule has 21 heavy (non-hydrogen) atoms. The highest BCUT2D eigenvalue weighted by atomic mass is 16.5. The number of amides is 1. The monoisotopic (exact) mass is 288 g/mol. The highest BCUT2D eigenvalue weighted by molar-refractivity contribution is 5.77. The molecule has 1 N–H and O–H groups in total. The van der Waals surface area contributed by atoms with Crippen molar-refractivity contribution in [3.8, 4) is 5.75 Å². The van der Waals surface area contributed by atoms with Gasteiger partial charge in [-0.25, -0.2) is 0 Å². The number of carbonyl (C=O) groups excluding carboxylic acids is 1. The van der Waals surface area contributed by atoms with Gasteiger partial charge in [-0.2, -0.15) is 0 Å². The Labute approximate surface area is 126 Å². The van der Waals surface area contributed by atoms with E-state index in [4.69, 9.17) is 4.74 Å². The predicted octanol–water partition coefficient (Wildman–Crippen LogP) is 1.97. The highest BCUT2D eigenvalue weighted by Crippen LogP contribution is 2.31. The first-order chi connectivity index (χ1) is 10.2. The van der Waals surface area contributed by atoms with Gasteiger partial charge in [-0.3, -0.25) is 4.79 Å². The first-order valence-corrected chi connectivity index (χ1v) is 7.91. The summed E-state index contributed by atoms with van der Waals surface area (Å²) in [6, 6.07) is 8.60. The van der Waals surface area contributed by atoms with Gasteiger partial charge >= 0.3 is 0 Å². The Balaban J connectivity index is 1.33. The molecule has 0 unspecified atom stereocenters. The van der Waals surface area contributed by atoms with E-state index in [1.165, 1.54) is 31.4 Å². The zero-order valence-electron chi connectivity index (χ0n) is 12.7. The second-order valence-electron chi connectivity index (χ2n) is 6.29. The fourth-order valence-electron chi connectivity index (χ4n) is 2.89. The lowest BCUT2D eigenvalue weighted by atomic mass is 10.1. The number of hydrogen-bond donors (Lipinski definition) is 1. The average molecular weight is 288 g/mol. The van der Waals surface area contributed by atoms with Crippen molar-refractivity contribution >= 4 is 5.91 Å². The standard InChI is InChI=1S/C17H24N2O2/c1-13-2-6-16(7-3-13)21-12-17(20)18-10-14-8-9-19(11-14)15-4-5-15/h2-3,6-7,14-15H,4-5,8-12H2,1H3,(H,18,20)/t14-/m0/s1. The minimum atomic E-state index is -0.0274. The van der Waals surface area contributed by atoms with E-state index in [-0.39, 0.29) is 12.5 Å². The Morgan fingerprint density at radius 2 is 2.05 bits per heavy atom.